The molecule has 1 unspecified atom stereocenters. The molecular formula is C20H30N4O5S. The first-order chi connectivity index (χ1) is 14.2. The quantitative estimate of drug-likeness (QED) is 0.617. The molecule has 166 valence electrons. The number of carbonyl (C=O) groups excluding carboxylic acids is 4. The number of nitrogens with zero attached hydrogens (tertiary/aromatic N) is 3. The number of amides is 3. The molecule has 3 amide bonds. The van der Waals surface area contributed by atoms with Crippen LogP contribution in [0.15, 0.2) is 5.38 Å². The number of thiazole rings is 1. The number of hydrogen-bond donors (Lipinski definition) is 1. The second-order valence-corrected chi connectivity index (χ2v) is 8.50. The van der Waals surface area contributed by atoms with E-state index in [1.165, 1.54) is 16.2 Å². The summed E-state index contributed by atoms with van der Waals surface area (Å²) in [6, 6.07) is 0. The smallest absolute Gasteiger partial charge is 0.310 e. The second kappa shape index (κ2) is 11.1. The molecule has 1 aromatic rings. The van der Waals surface area contributed by atoms with Gasteiger partial charge >= 0.3 is 5.97 Å². The first-order valence-corrected chi connectivity index (χ1v) is 11.0. The fourth-order valence-electron chi connectivity index (χ4n) is 3.03. The molecule has 0 spiro atoms. The highest BCUT2D eigenvalue weighted by atomic mass is 32.1. The number of likely N-dealkylation sites (N-methyl/N-ethyl adjacent to an activating group) is 1. The lowest BCUT2D eigenvalue weighted by Gasteiger charge is -2.32. The normalized spacial score (nSPS) is 16.3. The molecule has 0 radical (unpaired) electrons. The van der Waals surface area contributed by atoms with Crippen molar-refractivity contribution >= 4 is 40.2 Å². The van der Waals surface area contributed by atoms with Crippen LogP contribution in [-0.4, -0.2) is 71.8 Å². The Balaban J connectivity index is 1.85. The molecule has 0 aromatic carbocycles. The van der Waals surface area contributed by atoms with Crippen LogP contribution < -0.4 is 5.32 Å². The molecule has 1 atom stereocenters. The Hall–Kier alpha value is -2.49. The Morgan fingerprint density at radius 2 is 2.10 bits per heavy atom. The standard InChI is InChI=1S/C20H30N4O5S/c1-5-29-19(28)14-7-6-8-24(10-14)17(26)11-23(4)16(25)9-15-12-30-20(21-15)22-18(27)13(2)3/h12-14H,5-11H2,1-4H3,(H,21,22,27). The molecule has 1 aliphatic rings. The van der Waals surface area contributed by atoms with E-state index in [1.807, 2.05) is 0 Å². The largest absolute Gasteiger partial charge is 0.466 e. The number of rotatable bonds is 8. The number of piperidine rings is 1. The molecular weight excluding hydrogens is 408 g/mol. The van der Waals surface area contributed by atoms with Gasteiger partial charge in [-0.1, -0.05) is 13.8 Å². The Labute approximate surface area is 180 Å². The van der Waals surface area contributed by atoms with Crippen molar-refractivity contribution in [2.75, 3.05) is 38.6 Å². The van der Waals surface area contributed by atoms with Gasteiger partial charge in [0.2, 0.25) is 17.7 Å². The summed E-state index contributed by atoms with van der Waals surface area (Å²) in [4.78, 5) is 56.0. The number of likely N-dealkylation sites (tertiary alicyclic amines) is 1. The number of nitrogens with one attached hydrogen (secondary N) is 1. The van der Waals surface area contributed by atoms with Crippen LogP contribution in [0.25, 0.3) is 0 Å². The van der Waals surface area contributed by atoms with Crippen molar-refractivity contribution in [3.05, 3.63) is 11.1 Å². The Kier molecular flexibility index (Phi) is 8.76. The Morgan fingerprint density at radius 3 is 2.77 bits per heavy atom. The van der Waals surface area contributed by atoms with Crippen molar-refractivity contribution in [3.8, 4) is 0 Å². The summed E-state index contributed by atoms with van der Waals surface area (Å²) >= 11 is 1.26. The van der Waals surface area contributed by atoms with Gasteiger partial charge in [0.05, 0.1) is 31.2 Å². The third-order valence-corrected chi connectivity index (χ3v) is 5.64. The van der Waals surface area contributed by atoms with E-state index in [0.29, 0.717) is 36.9 Å². The molecule has 0 aliphatic carbocycles. The van der Waals surface area contributed by atoms with Crippen molar-refractivity contribution in [1.29, 1.82) is 0 Å². The van der Waals surface area contributed by atoms with Crippen molar-refractivity contribution < 1.29 is 23.9 Å². The number of anilines is 1. The van der Waals surface area contributed by atoms with Gasteiger partial charge in [0.25, 0.3) is 0 Å². The van der Waals surface area contributed by atoms with E-state index in [9.17, 15) is 19.2 Å². The van der Waals surface area contributed by atoms with Crippen molar-refractivity contribution in [2.45, 2.75) is 40.0 Å². The highest BCUT2D eigenvalue weighted by Gasteiger charge is 2.30. The van der Waals surface area contributed by atoms with Gasteiger partial charge < -0.3 is 19.9 Å². The van der Waals surface area contributed by atoms with Gasteiger partial charge in [-0.05, 0) is 19.8 Å². The van der Waals surface area contributed by atoms with Gasteiger partial charge in [-0.2, -0.15) is 0 Å². The number of carbonyl (C=O) groups is 4. The van der Waals surface area contributed by atoms with Crippen LogP contribution in [0.3, 0.4) is 0 Å². The van der Waals surface area contributed by atoms with E-state index in [2.05, 4.69) is 10.3 Å². The summed E-state index contributed by atoms with van der Waals surface area (Å²) in [5.41, 5.74) is 0.545. The molecule has 0 bridgehead atoms. The molecule has 2 rings (SSSR count). The highest BCUT2D eigenvalue weighted by molar-refractivity contribution is 7.13. The molecule has 1 aromatic heterocycles. The van der Waals surface area contributed by atoms with Crippen LogP contribution in [0, 0.1) is 11.8 Å². The monoisotopic (exact) mass is 438 g/mol. The summed E-state index contributed by atoms with van der Waals surface area (Å²) < 4.78 is 5.06. The highest BCUT2D eigenvalue weighted by Crippen LogP contribution is 2.19. The average molecular weight is 439 g/mol. The van der Waals surface area contributed by atoms with Crippen molar-refractivity contribution in [2.24, 2.45) is 11.8 Å². The minimum absolute atomic E-state index is 0.0449. The fraction of sp³-hybridized carbons (Fsp3) is 0.650. The van der Waals surface area contributed by atoms with Crippen LogP contribution in [0.2, 0.25) is 0 Å². The van der Waals surface area contributed by atoms with Crippen LogP contribution in [0.4, 0.5) is 5.13 Å². The van der Waals surface area contributed by atoms with E-state index in [0.717, 1.165) is 6.42 Å². The average Bonchev–Trinajstić information content (AvgIpc) is 3.14. The lowest BCUT2D eigenvalue weighted by atomic mass is 9.98. The summed E-state index contributed by atoms with van der Waals surface area (Å²) in [6.45, 7) is 6.49. The van der Waals surface area contributed by atoms with Crippen molar-refractivity contribution in [1.82, 2.24) is 14.8 Å². The van der Waals surface area contributed by atoms with Crippen LogP contribution >= 0.6 is 11.3 Å². The molecule has 1 aliphatic heterocycles. The lowest BCUT2D eigenvalue weighted by Crippen LogP contribution is -2.47. The Bertz CT molecular complexity index is 779. The van der Waals surface area contributed by atoms with E-state index < -0.39 is 0 Å². The van der Waals surface area contributed by atoms with Gasteiger partial charge in [0.1, 0.15) is 0 Å². The molecule has 1 fully saturated rings. The summed E-state index contributed by atoms with van der Waals surface area (Å²) in [7, 11) is 1.57. The van der Waals surface area contributed by atoms with Crippen LogP contribution in [0.1, 0.15) is 39.3 Å². The maximum absolute atomic E-state index is 12.6. The topological polar surface area (TPSA) is 109 Å². The molecule has 2 heterocycles. The third-order valence-electron chi connectivity index (χ3n) is 4.83. The zero-order valence-electron chi connectivity index (χ0n) is 18.0. The lowest BCUT2D eigenvalue weighted by molar-refractivity contribution is -0.152. The predicted octanol–water partition coefficient (Wildman–Crippen LogP) is 1.54. The van der Waals surface area contributed by atoms with Crippen LogP contribution in [-0.2, 0) is 30.3 Å². The van der Waals surface area contributed by atoms with Gasteiger partial charge in [0.15, 0.2) is 5.13 Å². The Morgan fingerprint density at radius 1 is 1.37 bits per heavy atom. The number of ether oxygens (including phenoxy) is 1. The fourth-order valence-corrected chi connectivity index (χ4v) is 3.75. The number of esters is 1. The molecule has 9 nitrogen and oxygen atoms in total. The SMILES string of the molecule is CCOC(=O)C1CCCN(C(=O)CN(C)C(=O)Cc2csc(NC(=O)C(C)C)n2)C1. The number of aromatic nitrogens is 1. The first kappa shape index (κ1) is 23.8. The van der Waals surface area contributed by atoms with E-state index >= 15 is 0 Å². The molecule has 0 saturated carbocycles. The summed E-state index contributed by atoms with van der Waals surface area (Å²) in [5.74, 6) is -1.30. The van der Waals surface area contributed by atoms with E-state index in [1.54, 1.807) is 38.1 Å². The minimum Gasteiger partial charge on any atom is -0.466 e. The van der Waals surface area contributed by atoms with Gasteiger partial charge in [-0.25, -0.2) is 4.98 Å². The first-order valence-electron chi connectivity index (χ1n) is 10.1. The van der Waals surface area contributed by atoms with Gasteiger partial charge in [-0.15, -0.1) is 11.3 Å². The third kappa shape index (κ3) is 6.79. The maximum atomic E-state index is 12.6. The molecule has 1 N–H and O–H groups in total. The van der Waals surface area contributed by atoms with Gasteiger partial charge in [0, 0.05) is 31.4 Å². The molecule has 1 saturated heterocycles. The summed E-state index contributed by atoms with van der Waals surface area (Å²) in [6.07, 6.45) is 1.48. The second-order valence-electron chi connectivity index (χ2n) is 7.65. The zero-order valence-corrected chi connectivity index (χ0v) is 18.8. The molecule has 10 heteroatoms. The van der Waals surface area contributed by atoms with Crippen molar-refractivity contribution in [3.63, 3.8) is 0 Å². The molecule has 30 heavy (non-hydrogen) atoms. The van der Waals surface area contributed by atoms with Gasteiger partial charge in [-0.3, -0.25) is 19.2 Å². The van der Waals surface area contributed by atoms with Crippen LogP contribution in [0.5, 0.6) is 0 Å². The zero-order chi connectivity index (χ0) is 22.3. The maximum Gasteiger partial charge on any atom is 0.310 e. The van der Waals surface area contributed by atoms with E-state index in [-0.39, 0.29) is 48.5 Å². The minimum atomic E-state index is -0.307. The summed E-state index contributed by atoms with van der Waals surface area (Å²) in [5, 5.41) is 4.88. The number of hydrogen-bond acceptors (Lipinski definition) is 7. The van der Waals surface area contributed by atoms with E-state index in [4.69, 9.17) is 4.74 Å². The predicted molar refractivity (Wildman–Crippen MR) is 113 cm³/mol.